The molecule has 0 bridgehead atoms. The summed E-state index contributed by atoms with van der Waals surface area (Å²) in [5.41, 5.74) is 1.23. The van der Waals surface area contributed by atoms with Crippen molar-refractivity contribution in [3.8, 4) is 11.5 Å². The molecule has 0 aliphatic rings. The molecule has 0 saturated carbocycles. The number of nitrogens with one attached hydrogen (secondary N) is 1. The first-order valence-electron chi connectivity index (χ1n) is 6.05. The second kappa shape index (κ2) is 6.32. The molecule has 0 atom stereocenters. The van der Waals surface area contributed by atoms with Crippen molar-refractivity contribution in [1.29, 1.82) is 0 Å². The number of benzene rings is 2. The third-order valence-electron chi connectivity index (χ3n) is 2.90. The molecule has 21 heavy (non-hydrogen) atoms. The van der Waals surface area contributed by atoms with Crippen LogP contribution in [0.25, 0.3) is 0 Å². The first kappa shape index (κ1) is 14.9. The average Bonchev–Trinajstić information content (AvgIpc) is 2.46. The van der Waals surface area contributed by atoms with Crippen LogP contribution in [-0.2, 0) is 6.54 Å². The zero-order chi connectivity index (χ0) is 15.4. The van der Waals surface area contributed by atoms with Gasteiger partial charge in [-0.15, -0.1) is 0 Å². The van der Waals surface area contributed by atoms with Crippen molar-refractivity contribution in [3.05, 3.63) is 57.1 Å². The first-order chi connectivity index (χ1) is 10.0. The van der Waals surface area contributed by atoms with Crippen LogP contribution in [0.2, 0.25) is 5.02 Å². The summed E-state index contributed by atoms with van der Waals surface area (Å²) < 4.78 is 4.95. The highest BCUT2D eigenvalue weighted by Crippen LogP contribution is 2.29. The van der Waals surface area contributed by atoms with Crippen LogP contribution in [0.4, 0.5) is 11.4 Å². The molecule has 0 unspecified atom stereocenters. The number of ether oxygens (including phenoxy) is 1. The Morgan fingerprint density at radius 1 is 1.33 bits per heavy atom. The van der Waals surface area contributed by atoms with E-state index in [9.17, 15) is 15.2 Å². The maximum absolute atomic E-state index is 10.7. The van der Waals surface area contributed by atoms with E-state index >= 15 is 0 Å². The second-order valence-electron chi connectivity index (χ2n) is 4.27. The number of anilines is 1. The van der Waals surface area contributed by atoms with Crippen molar-refractivity contribution in [1.82, 2.24) is 0 Å². The van der Waals surface area contributed by atoms with Gasteiger partial charge in [-0.2, -0.15) is 0 Å². The van der Waals surface area contributed by atoms with Crippen LogP contribution in [0.3, 0.4) is 0 Å². The molecule has 6 nitrogen and oxygen atoms in total. The topological polar surface area (TPSA) is 84.6 Å². The minimum Gasteiger partial charge on any atom is -0.504 e. The van der Waals surface area contributed by atoms with Crippen molar-refractivity contribution < 1.29 is 14.8 Å². The summed E-state index contributed by atoms with van der Waals surface area (Å²) in [6, 6.07) is 9.10. The number of halogens is 1. The summed E-state index contributed by atoms with van der Waals surface area (Å²) in [6.07, 6.45) is 0. The van der Waals surface area contributed by atoms with Crippen molar-refractivity contribution in [3.63, 3.8) is 0 Å². The van der Waals surface area contributed by atoms with Gasteiger partial charge in [-0.05, 0) is 23.8 Å². The average molecular weight is 309 g/mol. The number of phenolic OH excluding ortho intramolecular Hbond substituents is 1. The normalized spacial score (nSPS) is 10.2. The maximum Gasteiger partial charge on any atom is 0.269 e. The van der Waals surface area contributed by atoms with Gasteiger partial charge in [0.2, 0.25) is 0 Å². The molecule has 2 rings (SSSR count). The van der Waals surface area contributed by atoms with Crippen molar-refractivity contribution in [2.24, 2.45) is 0 Å². The van der Waals surface area contributed by atoms with Gasteiger partial charge in [0.15, 0.2) is 11.5 Å². The van der Waals surface area contributed by atoms with Gasteiger partial charge >= 0.3 is 0 Å². The van der Waals surface area contributed by atoms with Crippen LogP contribution < -0.4 is 10.1 Å². The molecule has 110 valence electrons. The zero-order valence-electron chi connectivity index (χ0n) is 11.2. The first-order valence-corrected chi connectivity index (χ1v) is 6.42. The lowest BCUT2D eigenvalue weighted by atomic mass is 10.2. The molecular formula is C14H13ClN2O4. The Balaban J connectivity index is 2.14. The molecular weight excluding hydrogens is 296 g/mol. The Kier molecular flexibility index (Phi) is 4.49. The van der Waals surface area contributed by atoms with E-state index in [1.807, 2.05) is 0 Å². The lowest BCUT2D eigenvalue weighted by Gasteiger charge is -2.10. The van der Waals surface area contributed by atoms with Gasteiger partial charge in [0.25, 0.3) is 5.69 Å². The van der Waals surface area contributed by atoms with E-state index in [2.05, 4.69) is 5.32 Å². The van der Waals surface area contributed by atoms with Crippen molar-refractivity contribution in [2.45, 2.75) is 6.54 Å². The third-order valence-corrected chi connectivity index (χ3v) is 3.27. The second-order valence-corrected chi connectivity index (χ2v) is 4.68. The predicted molar refractivity (Wildman–Crippen MR) is 80.1 cm³/mol. The van der Waals surface area contributed by atoms with Gasteiger partial charge in [-0.3, -0.25) is 10.1 Å². The Labute approximate surface area is 126 Å². The van der Waals surface area contributed by atoms with Gasteiger partial charge in [-0.1, -0.05) is 11.6 Å². The van der Waals surface area contributed by atoms with E-state index in [1.54, 1.807) is 12.1 Å². The molecule has 2 aromatic carbocycles. The molecule has 0 aliphatic carbocycles. The fourth-order valence-electron chi connectivity index (χ4n) is 1.81. The quantitative estimate of drug-likeness (QED) is 0.651. The van der Waals surface area contributed by atoms with Gasteiger partial charge < -0.3 is 15.2 Å². The highest BCUT2D eigenvalue weighted by Gasteiger charge is 2.10. The smallest absolute Gasteiger partial charge is 0.269 e. The SMILES string of the molecule is COc1ccc(NCc2cc([N+](=O)[O-])ccc2Cl)cc1O. The van der Waals surface area contributed by atoms with Gasteiger partial charge in [-0.25, -0.2) is 0 Å². The number of phenols is 1. The fraction of sp³-hybridized carbons (Fsp3) is 0.143. The maximum atomic E-state index is 10.7. The minimum absolute atomic E-state index is 0.00707. The lowest BCUT2D eigenvalue weighted by molar-refractivity contribution is -0.384. The van der Waals surface area contributed by atoms with Crippen LogP contribution in [0, 0.1) is 10.1 Å². The molecule has 0 amide bonds. The molecule has 2 N–H and O–H groups in total. The summed E-state index contributed by atoms with van der Waals surface area (Å²) in [6.45, 7) is 0.298. The predicted octanol–water partition coefficient (Wildman–Crippen LogP) is 3.57. The molecule has 0 heterocycles. The number of non-ortho nitro benzene ring substituents is 1. The lowest BCUT2D eigenvalue weighted by Crippen LogP contribution is -2.01. The third kappa shape index (κ3) is 3.55. The number of nitro groups is 1. The zero-order valence-corrected chi connectivity index (χ0v) is 11.9. The standard InChI is InChI=1S/C14H13ClN2O4/c1-21-14-5-2-10(7-13(14)18)16-8-9-6-11(17(19)20)3-4-12(9)15/h2-7,16,18H,8H2,1H3. The number of nitrogens with zero attached hydrogens (tertiary/aromatic N) is 1. The van der Waals surface area contributed by atoms with Crippen LogP contribution in [0.1, 0.15) is 5.56 Å². The number of hydrogen-bond acceptors (Lipinski definition) is 5. The fourth-order valence-corrected chi connectivity index (χ4v) is 1.99. The van der Waals surface area contributed by atoms with Crippen molar-refractivity contribution >= 4 is 23.0 Å². The monoisotopic (exact) mass is 308 g/mol. The van der Waals surface area contributed by atoms with Crippen molar-refractivity contribution in [2.75, 3.05) is 12.4 Å². The number of hydrogen-bond donors (Lipinski definition) is 2. The summed E-state index contributed by atoms with van der Waals surface area (Å²) in [7, 11) is 1.46. The molecule has 0 spiro atoms. The summed E-state index contributed by atoms with van der Waals surface area (Å²) in [5.74, 6) is 0.376. The van der Waals surface area contributed by atoms with Crippen LogP contribution >= 0.6 is 11.6 Å². The van der Waals surface area contributed by atoms with Crippen LogP contribution in [0.15, 0.2) is 36.4 Å². The largest absolute Gasteiger partial charge is 0.504 e. The highest BCUT2D eigenvalue weighted by molar-refractivity contribution is 6.31. The summed E-state index contributed by atoms with van der Waals surface area (Å²) >= 11 is 6.01. The molecule has 0 radical (unpaired) electrons. The highest BCUT2D eigenvalue weighted by atomic mass is 35.5. The van der Waals surface area contributed by atoms with Crippen LogP contribution in [0.5, 0.6) is 11.5 Å². The molecule has 0 saturated heterocycles. The molecule has 0 aromatic heterocycles. The Morgan fingerprint density at radius 2 is 2.10 bits per heavy atom. The number of nitro benzene ring substituents is 1. The van der Waals surface area contributed by atoms with Gasteiger partial charge in [0, 0.05) is 35.5 Å². The summed E-state index contributed by atoms with van der Waals surface area (Å²) in [5, 5.41) is 23.9. The number of aromatic hydroxyl groups is 1. The van der Waals surface area contributed by atoms with E-state index in [1.165, 1.54) is 31.4 Å². The molecule has 2 aromatic rings. The number of rotatable bonds is 5. The Bertz CT molecular complexity index is 676. The van der Waals surface area contributed by atoms with Crippen LogP contribution in [-0.4, -0.2) is 17.1 Å². The molecule has 0 fully saturated rings. The minimum atomic E-state index is -0.473. The van der Waals surface area contributed by atoms with E-state index < -0.39 is 4.92 Å². The summed E-state index contributed by atoms with van der Waals surface area (Å²) in [4.78, 5) is 10.3. The van der Waals surface area contributed by atoms with E-state index in [-0.39, 0.29) is 11.4 Å². The Morgan fingerprint density at radius 3 is 2.71 bits per heavy atom. The van der Waals surface area contributed by atoms with E-state index in [0.29, 0.717) is 28.6 Å². The number of methoxy groups -OCH3 is 1. The van der Waals surface area contributed by atoms with Gasteiger partial charge in [0.05, 0.1) is 12.0 Å². The van der Waals surface area contributed by atoms with E-state index in [4.69, 9.17) is 16.3 Å². The van der Waals surface area contributed by atoms with E-state index in [0.717, 1.165) is 0 Å². The molecule has 0 aliphatic heterocycles. The Hall–Kier alpha value is -2.47. The molecule has 7 heteroatoms. The van der Waals surface area contributed by atoms with Gasteiger partial charge in [0.1, 0.15) is 0 Å².